The number of methoxy groups -OCH3 is 1. The Balaban J connectivity index is 1.77. The average molecular weight is 336 g/mol. The SMILES string of the molecule is COC(=O)[C@H]1C[C@H](O)CN1Cc1ccc(-c2ccccc2C#N)cc1. The number of carbonyl (C=O) groups is 1. The van der Waals surface area contributed by atoms with Crippen molar-refractivity contribution in [1.29, 1.82) is 5.26 Å². The van der Waals surface area contributed by atoms with E-state index in [1.165, 1.54) is 7.11 Å². The predicted molar refractivity (Wildman–Crippen MR) is 93.4 cm³/mol. The smallest absolute Gasteiger partial charge is 0.323 e. The molecule has 1 aliphatic heterocycles. The summed E-state index contributed by atoms with van der Waals surface area (Å²) in [4.78, 5) is 13.8. The molecular formula is C20H20N2O3. The Morgan fingerprint density at radius 1 is 1.28 bits per heavy atom. The van der Waals surface area contributed by atoms with Gasteiger partial charge >= 0.3 is 5.97 Å². The van der Waals surface area contributed by atoms with Crippen LogP contribution in [0.2, 0.25) is 0 Å². The molecule has 1 fully saturated rings. The summed E-state index contributed by atoms with van der Waals surface area (Å²) in [5.74, 6) is -0.309. The first kappa shape index (κ1) is 17.2. The van der Waals surface area contributed by atoms with E-state index >= 15 is 0 Å². The van der Waals surface area contributed by atoms with Gasteiger partial charge in [0, 0.05) is 19.5 Å². The second kappa shape index (κ2) is 7.47. The van der Waals surface area contributed by atoms with Crippen LogP contribution in [-0.2, 0) is 16.1 Å². The van der Waals surface area contributed by atoms with Crippen LogP contribution in [0.25, 0.3) is 11.1 Å². The van der Waals surface area contributed by atoms with Crippen molar-refractivity contribution in [2.75, 3.05) is 13.7 Å². The minimum absolute atomic E-state index is 0.309. The second-order valence-electron chi connectivity index (χ2n) is 6.21. The highest BCUT2D eigenvalue weighted by atomic mass is 16.5. The summed E-state index contributed by atoms with van der Waals surface area (Å²) >= 11 is 0. The van der Waals surface area contributed by atoms with Gasteiger partial charge in [-0.25, -0.2) is 0 Å². The topological polar surface area (TPSA) is 73.6 Å². The van der Waals surface area contributed by atoms with Crippen LogP contribution < -0.4 is 0 Å². The van der Waals surface area contributed by atoms with Crippen molar-refractivity contribution in [2.45, 2.75) is 25.1 Å². The number of nitrogens with zero attached hydrogens (tertiary/aromatic N) is 2. The Labute approximate surface area is 147 Å². The van der Waals surface area contributed by atoms with Crippen molar-refractivity contribution in [2.24, 2.45) is 0 Å². The summed E-state index contributed by atoms with van der Waals surface area (Å²) in [7, 11) is 1.37. The molecule has 2 aromatic rings. The molecule has 0 radical (unpaired) electrons. The van der Waals surface area contributed by atoms with Crippen LogP contribution in [0, 0.1) is 11.3 Å². The lowest BCUT2D eigenvalue weighted by molar-refractivity contribution is -0.146. The van der Waals surface area contributed by atoms with E-state index in [2.05, 4.69) is 6.07 Å². The van der Waals surface area contributed by atoms with Crippen LogP contribution in [-0.4, -0.2) is 41.8 Å². The zero-order chi connectivity index (χ0) is 17.8. The lowest BCUT2D eigenvalue weighted by Gasteiger charge is -2.22. The van der Waals surface area contributed by atoms with Crippen molar-refractivity contribution in [3.63, 3.8) is 0 Å². The maximum Gasteiger partial charge on any atom is 0.323 e. The molecule has 1 saturated heterocycles. The minimum atomic E-state index is -0.508. The van der Waals surface area contributed by atoms with Gasteiger partial charge in [0.15, 0.2) is 0 Å². The van der Waals surface area contributed by atoms with Crippen molar-refractivity contribution < 1.29 is 14.6 Å². The van der Waals surface area contributed by atoms with Gasteiger partial charge in [-0.3, -0.25) is 9.69 Å². The number of aliphatic hydroxyl groups is 1. The van der Waals surface area contributed by atoms with Crippen molar-refractivity contribution in [1.82, 2.24) is 4.90 Å². The van der Waals surface area contributed by atoms with Crippen LogP contribution in [0.5, 0.6) is 0 Å². The first-order valence-electron chi connectivity index (χ1n) is 8.20. The van der Waals surface area contributed by atoms with E-state index in [9.17, 15) is 15.2 Å². The monoisotopic (exact) mass is 336 g/mol. The maximum absolute atomic E-state index is 11.9. The minimum Gasteiger partial charge on any atom is -0.468 e. The third kappa shape index (κ3) is 3.71. The number of aliphatic hydroxyl groups excluding tert-OH is 1. The Morgan fingerprint density at radius 3 is 2.68 bits per heavy atom. The van der Waals surface area contributed by atoms with Gasteiger partial charge in [-0.1, -0.05) is 42.5 Å². The molecule has 5 heteroatoms. The number of ether oxygens (including phenoxy) is 1. The van der Waals surface area contributed by atoms with Crippen LogP contribution in [0.1, 0.15) is 17.5 Å². The van der Waals surface area contributed by atoms with Gasteiger partial charge in [0.05, 0.1) is 24.8 Å². The van der Waals surface area contributed by atoms with Crippen LogP contribution >= 0.6 is 0 Å². The zero-order valence-corrected chi connectivity index (χ0v) is 14.1. The van der Waals surface area contributed by atoms with Gasteiger partial charge in [-0.2, -0.15) is 5.26 Å². The van der Waals surface area contributed by atoms with E-state index in [1.807, 2.05) is 47.4 Å². The van der Waals surface area contributed by atoms with Gasteiger partial charge in [0.1, 0.15) is 6.04 Å². The van der Waals surface area contributed by atoms with E-state index in [0.717, 1.165) is 16.7 Å². The lowest BCUT2D eigenvalue weighted by atomic mass is 9.99. The highest BCUT2D eigenvalue weighted by Gasteiger charge is 2.36. The van der Waals surface area contributed by atoms with Crippen molar-refractivity contribution >= 4 is 5.97 Å². The largest absolute Gasteiger partial charge is 0.468 e. The Kier molecular flexibility index (Phi) is 5.13. The van der Waals surface area contributed by atoms with E-state index in [4.69, 9.17) is 4.74 Å². The number of nitriles is 1. The van der Waals surface area contributed by atoms with Gasteiger partial charge in [0.25, 0.3) is 0 Å². The molecule has 1 aliphatic rings. The third-order valence-electron chi connectivity index (χ3n) is 4.55. The number of hydrogen-bond donors (Lipinski definition) is 1. The van der Waals surface area contributed by atoms with E-state index < -0.39 is 12.1 Å². The Morgan fingerprint density at radius 2 is 2.00 bits per heavy atom. The van der Waals surface area contributed by atoms with Gasteiger partial charge in [-0.05, 0) is 22.8 Å². The average Bonchev–Trinajstić information content (AvgIpc) is 3.02. The van der Waals surface area contributed by atoms with Gasteiger partial charge < -0.3 is 9.84 Å². The molecule has 128 valence electrons. The summed E-state index contributed by atoms with van der Waals surface area (Å²) in [5, 5.41) is 19.1. The molecule has 5 nitrogen and oxygen atoms in total. The number of hydrogen-bond acceptors (Lipinski definition) is 5. The van der Waals surface area contributed by atoms with Gasteiger partial charge in [-0.15, -0.1) is 0 Å². The zero-order valence-electron chi connectivity index (χ0n) is 14.1. The first-order chi connectivity index (χ1) is 12.1. The molecular weight excluding hydrogens is 316 g/mol. The molecule has 0 aromatic heterocycles. The summed E-state index contributed by atoms with van der Waals surface area (Å²) in [6.45, 7) is 1.02. The van der Waals surface area contributed by atoms with Crippen LogP contribution in [0.4, 0.5) is 0 Å². The number of benzene rings is 2. The molecule has 25 heavy (non-hydrogen) atoms. The van der Waals surface area contributed by atoms with E-state index in [0.29, 0.717) is 25.1 Å². The van der Waals surface area contributed by atoms with E-state index in [1.54, 1.807) is 6.07 Å². The van der Waals surface area contributed by atoms with E-state index in [-0.39, 0.29) is 5.97 Å². The molecule has 0 amide bonds. The summed E-state index contributed by atoms with van der Waals surface area (Å²) in [6, 6.07) is 17.2. The Bertz CT molecular complexity index is 795. The third-order valence-corrected chi connectivity index (χ3v) is 4.55. The molecule has 1 heterocycles. The van der Waals surface area contributed by atoms with Crippen molar-refractivity contribution in [3.8, 4) is 17.2 Å². The lowest BCUT2D eigenvalue weighted by Crippen LogP contribution is -2.36. The molecule has 2 atom stereocenters. The quantitative estimate of drug-likeness (QED) is 0.868. The molecule has 3 rings (SSSR count). The number of β-amino-alcohol motifs (C(OH)–C–C–N with tert-alkyl or cyclic N) is 1. The summed E-state index contributed by atoms with van der Waals surface area (Å²) < 4.78 is 4.83. The summed E-state index contributed by atoms with van der Waals surface area (Å²) in [5.41, 5.74) is 3.57. The molecule has 0 spiro atoms. The molecule has 1 N–H and O–H groups in total. The highest BCUT2D eigenvalue weighted by Crippen LogP contribution is 2.25. The number of likely N-dealkylation sites (tertiary alicyclic amines) is 1. The molecule has 0 aliphatic carbocycles. The van der Waals surface area contributed by atoms with Crippen LogP contribution in [0.15, 0.2) is 48.5 Å². The predicted octanol–water partition coefficient (Wildman–Crippen LogP) is 2.33. The van der Waals surface area contributed by atoms with Crippen LogP contribution in [0.3, 0.4) is 0 Å². The summed E-state index contributed by atoms with van der Waals surface area (Å²) in [6.07, 6.45) is -0.105. The fourth-order valence-corrected chi connectivity index (χ4v) is 3.29. The molecule has 0 bridgehead atoms. The molecule has 2 aromatic carbocycles. The molecule has 0 saturated carbocycles. The normalized spacial score (nSPS) is 20.2. The Hall–Kier alpha value is -2.68. The maximum atomic E-state index is 11.9. The van der Waals surface area contributed by atoms with Gasteiger partial charge in [0.2, 0.25) is 0 Å². The fraction of sp³-hybridized carbons (Fsp3) is 0.300. The van der Waals surface area contributed by atoms with Crippen molar-refractivity contribution in [3.05, 3.63) is 59.7 Å². The number of rotatable bonds is 4. The fourth-order valence-electron chi connectivity index (χ4n) is 3.29. The second-order valence-corrected chi connectivity index (χ2v) is 6.21. The standard InChI is InChI=1S/C20H20N2O3/c1-25-20(24)19-10-17(23)13-22(19)12-14-6-8-15(9-7-14)18-5-3-2-4-16(18)11-21/h2-9,17,19,23H,10,12-13H2,1H3/t17-,19+/m0/s1. The highest BCUT2D eigenvalue weighted by molar-refractivity contribution is 5.76. The first-order valence-corrected chi connectivity index (χ1v) is 8.20. The number of esters is 1. The number of carbonyl (C=O) groups excluding carboxylic acids is 1. The molecule has 0 unspecified atom stereocenters.